The third-order valence-corrected chi connectivity index (χ3v) is 4.91. The number of nitrogens with zero attached hydrogens (tertiary/aromatic N) is 1. The number of carbonyl (C=O) groups is 1. The van der Waals surface area contributed by atoms with Crippen LogP contribution in [0, 0.1) is 12.3 Å². The van der Waals surface area contributed by atoms with E-state index >= 15 is 0 Å². The van der Waals surface area contributed by atoms with Crippen LogP contribution in [0.5, 0.6) is 0 Å². The van der Waals surface area contributed by atoms with Gasteiger partial charge in [-0.05, 0) is 55.5 Å². The molecule has 5 heteroatoms. The number of aliphatic hydroxyl groups excluding tert-OH is 1. The number of benzene rings is 1. The van der Waals surface area contributed by atoms with Gasteiger partial charge in [-0.25, -0.2) is 0 Å². The van der Waals surface area contributed by atoms with Crippen molar-refractivity contribution in [2.24, 2.45) is 5.41 Å². The van der Waals surface area contributed by atoms with E-state index in [1.807, 2.05) is 37.3 Å². The van der Waals surface area contributed by atoms with Crippen LogP contribution in [0.2, 0.25) is 0 Å². The van der Waals surface area contributed by atoms with Crippen molar-refractivity contribution in [3.63, 3.8) is 0 Å². The number of hydrogen-bond acceptors (Lipinski definition) is 4. The molecular weight excluding hydrogens is 316 g/mol. The Labute approximate surface area is 148 Å². The average molecular weight is 340 g/mol. The first-order chi connectivity index (χ1) is 12.1. The van der Waals surface area contributed by atoms with Gasteiger partial charge < -0.3 is 15.2 Å². The molecule has 1 unspecified atom stereocenters. The highest BCUT2D eigenvalue weighted by Crippen LogP contribution is 2.49. The number of pyridine rings is 1. The molecule has 1 atom stereocenters. The van der Waals surface area contributed by atoms with E-state index in [-0.39, 0.29) is 11.3 Å². The molecule has 0 bridgehead atoms. The number of anilines is 1. The molecule has 2 aromatic rings. The fourth-order valence-corrected chi connectivity index (χ4v) is 2.95. The van der Waals surface area contributed by atoms with Gasteiger partial charge in [-0.15, -0.1) is 0 Å². The molecule has 1 aliphatic carbocycles. The van der Waals surface area contributed by atoms with Gasteiger partial charge in [-0.3, -0.25) is 9.78 Å². The van der Waals surface area contributed by atoms with Crippen LogP contribution in [0.25, 0.3) is 0 Å². The quantitative estimate of drug-likeness (QED) is 0.812. The number of rotatable bonds is 7. The van der Waals surface area contributed by atoms with E-state index in [4.69, 9.17) is 4.74 Å². The standard InChI is InChI=1S/C20H24N2O3/c1-14-6-7-15(18(23)16-5-3-4-11-21-16)13-17(14)22-19(24)20(8-9-20)10-12-25-2/h3-7,11,13,18,23H,8-10,12H2,1-2H3,(H,22,24). The SMILES string of the molecule is COCCC1(C(=O)Nc2cc(C(O)c3ccccn3)ccc2C)CC1. The van der Waals surface area contributed by atoms with Gasteiger partial charge in [0.05, 0.1) is 11.1 Å². The monoisotopic (exact) mass is 340 g/mol. The second-order valence-electron chi connectivity index (χ2n) is 6.71. The Morgan fingerprint density at radius 1 is 1.36 bits per heavy atom. The maximum Gasteiger partial charge on any atom is 0.230 e. The zero-order valence-electron chi connectivity index (χ0n) is 14.7. The van der Waals surface area contributed by atoms with Gasteiger partial charge >= 0.3 is 0 Å². The van der Waals surface area contributed by atoms with Crippen molar-refractivity contribution in [3.8, 4) is 0 Å². The minimum absolute atomic E-state index is 0.0390. The van der Waals surface area contributed by atoms with Gasteiger partial charge in [0.1, 0.15) is 6.10 Å². The van der Waals surface area contributed by atoms with Gasteiger partial charge in [0.2, 0.25) is 5.91 Å². The molecule has 0 saturated heterocycles. The fourth-order valence-electron chi connectivity index (χ4n) is 2.95. The van der Waals surface area contributed by atoms with Crippen LogP contribution < -0.4 is 5.32 Å². The summed E-state index contributed by atoms with van der Waals surface area (Å²) in [7, 11) is 1.65. The second kappa shape index (κ2) is 7.33. The normalized spacial score (nSPS) is 16.3. The number of carbonyl (C=O) groups excluding carboxylic acids is 1. The Kier molecular flexibility index (Phi) is 5.16. The van der Waals surface area contributed by atoms with Crippen LogP contribution in [0.3, 0.4) is 0 Å². The Hall–Kier alpha value is -2.24. The third kappa shape index (κ3) is 3.89. The van der Waals surface area contributed by atoms with Crippen LogP contribution in [0.1, 0.15) is 42.2 Å². The first-order valence-corrected chi connectivity index (χ1v) is 8.56. The molecule has 25 heavy (non-hydrogen) atoms. The zero-order chi connectivity index (χ0) is 17.9. The van der Waals surface area contributed by atoms with E-state index in [9.17, 15) is 9.90 Å². The summed E-state index contributed by atoms with van der Waals surface area (Å²) >= 11 is 0. The summed E-state index contributed by atoms with van der Waals surface area (Å²) in [6.07, 6.45) is 3.38. The lowest BCUT2D eigenvalue weighted by Crippen LogP contribution is -2.26. The van der Waals surface area contributed by atoms with Gasteiger partial charge in [0.15, 0.2) is 0 Å². The molecule has 132 valence electrons. The molecule has 2 N–H and O–H groups in total. The lowest BCUT2D eigenvalue weighted by atomic mass is 10.00. The van der Waals surface area contributed by atoms with Crippen molar-refractivity contribution in [2.75, 3.05) is 19.0 Å². The number of aromatic nitrogens is 1. The van der Waals surface area contributed by atoms with Crippen molar-refractivity contribution in [3.05, 3.63) is 59.4 Å². The molecule has 1 aromatic heterocycles. The average Bonchev–Trinajstić information content (AvgIpc) is 3.43. The summed E-state index contributed by atoms with van der Waals surface area (Å²) in [5.74, 6) is 0.0390. The minimum Gasteiger partial charge on any atom is -0.385 e. The van der Waals surface area contributed by atoms with E-state index in [1.165, 1.54) is 0 Å². The molecule has 1 aromatic carbocycles. The fraction of sp³-hybridized carbons (Fsp3) is 0.400. The van der Waals surface area contributed by atoms with Crippen molar-refractivity contribution in [2.45, 2.75) is 32.3 Å². The molecule has 0 spiro atoms. The van der Waals surface area contributed by atoms with Gasteiger partial charge in [-0.2, -0.15) is 0 Å². The molecule has 0 aliphatic heterocycles. The van der Waals surface area contributed by atoms with Crippen LogP contribution >= 0.6 is 0 Å². The Balaban J connectivity index is 1.77. The van der Waals surface area contributed by atoms with Crippen LogP contribution in [-0.4, -0.2) is 29.7 Å². The van der Waals surface area contributed by atoms with E-state index < -0.39 is 6.10 Å². The molecule has 3 rings (SSSR count). The number of aryl methyl sites for hydroxylation is 1. The summed E-state index contributed by atoms with van der Waals surface area (Å²) in [5, 5.41) is 13.6. The Bertz CT molecular complexity index is 742. The predicted octanol–water partition coefficient (Wildman–Crippen LogP) is 3.23. The van der Waals surface area contributed by atoms with Crippen molar-refractivity contribution in [1.29, 1.82) is 0 Å². The predicted molar refractivity (Wildman–Crippen MR) is 96.3 cm³/mol. The molecule has 1 aliphatic rings. The molecule has 0 radical (unpaired) electrons. The smallest absolute Gasteiger partial charge is 0.230 e. The summed E-state index contributed by atoms with van der Waals surface area (Å²) in [6.45, 7) is 2.53. The Morgan fingerprint density at radius 3 is 2.80 bits per heavy atom. The number of methoxy groups -OCH3 is 1. The minimum atomic E-state index is -0.819. The zero-order valence-corrected chi connectivity index (χ0v) is 14.7. The molecule has 1 heterocycles. The lowest BCUT2D eigenvalue weighted by Gasteiger charge is -2.18. The van der Waals surface area contributed by atoms with Gasteiger partial charge in [-0.1, -0.05) is 18.2 Å². The van der Waals surface area contributed by atoms with E-state index in [0.29, 0.717) is 17.9 Å². The highest BCUT2D eigenvalue weighted by Gasteiger charge is 2.49. The third-order valence-electron chi connectivity index (χ3n) is 4.91. The van der Waals surface area contributed by atoms with E-state index in [2.05, 4.69) is 10.3 Å². The number of amides is 1. The van der Waals surface area contributed by atoms with Gasteiger partial charge in [0, 0.05) is 25.6 Å². The second-order valence-corrected chi connectivity index (χ2v) is 6.71. The van der Waals surface area contributed by atoms with Crippen molar-refractivity contribution in [1.82, 2.24) is 4.98 Å². The number of aliphatic hydroxyl groups is 1. The van der Waals surface area contributed by atoms with E-state index in [0.717, 1.165) is 30.5 Å². The summed E-state index contributed by atoms with van der Waals surface area (Å²) in [6, 6.07) is 11.0. The topological polar surface area (TPSA) is 71.5 Å². The highest BCUT2D eigenvalue weighted by atomic mass is 16.5. The maximum absolute atomic E-state index is 12.7. The van der Waals surface area contributed by atoms with Crippen LogP contribution in [0.4, 0.5) is 5.69 Å². The highest BCUT2D eigenvalue weighted by molar-refractivity contribution is 5.97. The molecule has 1 amide bonds. The molecule has 1 saturated carbocycles. The largest absolute Gasteiger partial charge is 0.385 e. The Morgan fingerprint density at radius 2 is 2.16 bits per heavy atom. The summed E-state index contributed by atoms with van der Waals surface area (Å²) in [5.41, 5.74) is 2.70. The van der Waals surface area contributed by atoms with Crippen molar-refractivity contribution >= 4 is 11.6 Å². The summed E-state index contributed by atoms with van der Waals surface area (Å²) in [4.78, 5) is 16.9. The molecule has 5 nitrogen and oxygen atoms in total. The maximum atomic E-state index is 12.7. The molecule has 1 fully saturated rings. The van der Waals surface area contributed by atoms with Gasteiger partial charge in [0.25, 0.3) is 0 Å². The number of hydrogen-bond donors (Lipinski definition) is 2. The lowest BCUT2D eigenvalue weighted by molar-refractivity contribution is -0.121. The number of ether oxygens (including phenoxy) is 1. The first kappa shape index (κ1) is 17.6. The summed E-state index contributed by atoms with van der Waals surface area (Å²) < 4.78 is 5.12. The van der Waals surface area contributed by atoms with Crippen LogP contribution in [0.15, 0.2) is 42.6 Å². The van der Waals surface area contributed by atoms with Crippen LogP contribution in [-0.2, 0) is 9.53 Å². The van der Waals surface area contributed by atoms with Crippen molar-refractivity contribution < 1.29 is 14.6 Å². The van der Waals surface area contributed by atoms with E-state index in [1.54, 1.807) is 19.4 Å². The number of nitrogens with one attached hydrogen (secondary N) is 1. The first-order valence-electron chi connectivity index (χ1n) is 8.56. The molecular formula is C20H24N2O3.